The molecule has 2 atom stereocenters. The molecule has 0 radical (unpaired) electrons. The number of nitrogens with zero attached hydrogens (tertiary/aromatic N) is 1. The maximum atomic E-state index is 14.4. The van der Waals surface area contributed by atoms with Crippen LogP contribution in [0.3, 0.4) is 0 Å². The van der Waals surface area contributed by atoms with Crippen molar-refractivity contribution in [3.8, 4) is 0 Å². The Morgan fingerprint density at radius 1 is 1.18 bits per heavy atom. The molecule has 1 aromatic rings. The molecule has 3 N–H and O–H groups in total. The third-order valence-corrected chi connectivity index (χ3v) is 4.24. The van der Waals surface area contributed by atoms with Gasteiger partial charge in [-0.05, 0) is 25.0 Å². The number of piperidine rings is 1. The van der Waals surface area contributed by atoms with E-state index in [1.807, 2.05) is 4.90 Å². The maximum Gasteiger partial charge on any atom is 0.234 e. The number of benzene rings is 1. The Hall–Kier alpha value is -2.02. The molecule has 0 aliphatic carbocycles. The molecule has 2 fully saturated rings. The van der Waals surface area contributed by atoms with Crippen LogP contribution in [0.2, 0.25) is 0 Å². The summed E-state index contributed by atoms with van der Waals surface area (Å²) in [5.41, 5.74) is 5.97. The second-order valence-corrected chi connectivity index (χ2v) is 5.82. The molecule has 2 saturated heterocycles. The fourth-order valence-corrected chi connectivity index (χ4v) is 3.08. The lowest BCUT2D eigenvalue weighted by atomic mass is 9.89. The zero-order valence-corrected chi connectivity index (χ0v) is 11.9. The van der Waals surface area contributed by atoms with Gasteiger partial charge < -0.3 is 10.6 Å². The molecule has 118 valence electrons. The molecule has 22 heavy (non-hydrogen) atoms. The number of nitrogens with two attached hydrogens (primary N) is 1. The third kappa shape index (κ3) is 2.68. The lowest BCUT2D eigenvalue weighted by molar-refractivity contribution is -0.134. The summed E-state index contributed by atoms with van der Waals surface area (Å²) < 4.78 is 28.7. The maximum absolute atomic E-state index is 14.4. The first-order valence-electron chi connectivity index (χ1n) is 7.29. The van der Waals surface area contributed by atoms with Crippen LogP contribution in [0, 0.1) is 11.6 Å². The largest absolute Gasteiger partial charge is 0.370 e. The zero-order valence-electron chi connectivity index (χ0n) is 11.9. The van der Waals surface area contributed by atoms with E-state index in [1.165, 1.54) is 12.1 Å². The molecule has 1 aromatic carbocycles. The quantitative estimate of drug-likeness (QED) is 0.800. The molecular formula is C15H17F2N3O2. The van der Waals surface area contributed by atoms with Crippen LogP contribution >= 0.6 is 0 Å². The fraction of sp³-hybridized carbons (Fsp3) is 0.467. The summed E-state index contributed by atoms with van der Waals surface area (Å²) in [5, 5.41) is 2.12. The molecule has 0 spiro atoms. The molecule has 0 bridgehead atoms. The van der Waals surface area contributed by atoms with E-state index in [-0.39, 0.29) is 24.4 Å². The highest BCUT2D eigenvalue weighted by Crippen LogP contribution is 2.32. The van der Waals surface area contributed by atoms with Crippen molar-refractivity contribution in [2.24, 2.45) is 5.73 Å². The topological polar surface area (TPSA) is 75.4 Å². The van der Waals surface area contributed by atoms with E-state index in [9.17, 15) is 18.4 Å². The summed E-state index contributed by atoms with van der Waals surface area (Å²) in [4.78, 5) is 24.8. The van der Waals surface area contributed by atoms with Crippen molar-refractivity contribution in [3.63, 3.8) is 0 Å². The van der Waals surface area contributed by atoms with Crippen LogP contribution in [0.4, 0.5) is 14.5 Å². The normalized spacial score (nSPS) is 25.5. The zero-order chi connectivity index (χ0) is 15.9. The molecule has 2 aliphatic heterocycles. The monoisotopic (exact) mass is 309 g/mol. The van der Waals surface area contributed by atoms with Crippen molar-refractivity contribution >= 4 is 17.5 Å². The summed E-state index contributed by atoms with van der Waals surface area (Å²) in [6.45, 7) is 1.20. The van der Waals surface area contributed by atoms with Gasteiger partial charge in [0.05, 0.1) is 5.92 Å². The van der Waals surface area contributed by atoms with Crippen LogP contribution in [0.1, 0.15) is 30.7 Å². The lowest BCUT2D eigenvalue weighted by Crippen LogP contribution is -2.40. The van der Waals surface area contributed by atoms with Crippen molar-refractivity contribution in [2.75, 3.05) is 18.0 Å². The van der Waals surface area contributed by atoms with Crippen molar-refractivity contribution in [1.82, 2.24) is 5.32 Å². The fourth-order valence-electron chi connectivity index (χ4n) is 3.08. The number of carbonyl (C=O) groups is 2. The molecule has 2 heterocycles. The smallest absolute Gasteiger partial charge is 0.234 e. The Morgan fingerprint density at radius 2 is 1.86 bits per heavy atom. The summed E-state index contributed by atoms with van der Waals surface area (Å²) in [7, 11) is 0. The SMILES string of the molecule is N[C@H]1CCN(c2cc(F)c(C3CCC(=O)NC3=O)c(F)c2)C1. The molecule has 0 aromatic heterocycles. The van der Waals surface area contributed by atoms with E-state index in [2.05, 4.69) is 5.32 Å². The van der Waals surface area contributed by atoms with Crippen molar-refractivity contribution < 1.29 is 18.4 Å². The van der Waals surface area contributed by atoms with Crippen molar-refractivity contribution in [2.45, 2.75) is 31.2 Å². The second-order valence-electron chi connectivity index (χ2n) is 5.82. The van der Waals surface area contributed by atoms with Gasteiger partial charge in [-0.1, -0.05) is 0 Å². The Kier molecular flexibility index (Phi) is 3.82. The predicted molar refractivity (Wildman–Crippen MR) is 76.3 cm³/mol. The molecule has 2 aliphatic rings. The first-order chi connectivity index (χ1) is 10.5. The minimum absolute atomic E-state index is 0.000864. The molecule has 5 nitrogen and oxygen atoms in total. The molecular weight excluding hydrogens is 292 g/mol. The van der Waals surface area contributed by atoms with Gasteiger partial charge in [0.1, 0.15) is 11.6 Å². The third-order valence-electron chi connectivity index (χ3n) is 4.24. The van der Waals surface area contributed by atoms with Crippen LogP contribution in [0.15, 0.2) is 12.1 Å². The van der Waals surface area contributed by atoms with Crippen LogP contribution in [-0.2, 0) is 9.59 Å². The summed E-state index contributed by atoms with van der Waals surface area (Å²) in [6.07, 6.45) is 0.975. The lowest BCUT2D eigenvalue weighted by Gasteiger charge is -2.24. The molecule has 1 unspecified atom stereocenters. The highest BCUT2D eigenvalue weighted by molar-refractivity contribution is 6.01. The number of nitrogens with one attached hydrogen (secondary N) is 1. The van der Waals surface area contributed by atoms with E-state index in [0.29, 0.717) is 18.8 Å². The highest BCUT2D eigenvalue weighted by Gasteiger charge is 2.33. The van der Waals surface area contributed by atoms with Gasteiger partial charge in [0.15, 0.2) is 0 Å². The Bertz CT molecular complexity index is 612. The van der Waals surface area contributed by atoms with Crippen LogP contribution < -0.4 is 16.0 Å². The number of carbonyl (C=O) groups excluding carboxylic acids is 2. The number of hydrogen-bond acceptors (Lipinski definition) is 4. The summed E-state index contributed by atoms with van der Waals surface area (Å²) >= 11 is 0. The van der Waals surface area contributed by atoms with E-state index in [1.54, 1.807) is 0 Å². The Labute approximate surface area is 126 Å². The Balaban J connectivity index is 1.90. The van der Waals surface area contributed by atoms with Gasteiger partial charge in [-0.15, -0.1) is 0 Å². The standard InChI is InChI=1S/C15H17F2N3O2/c16-11-5-9(20-4-3-8(18)7-20)6-12(17)14(11)10-1-2-13(21)19-15(10)22/h5-6,8,10H,1-4,7,18H2,(H,19,21,22)/t8-,10?/m0/s1. The molecule has 0 saturated carbocycles. The van der Waals surface area contributed by atoms with E-state index >= 15 is 0 Å². The molecule has 2 amide bonds. The van der Waals surface area contributed by atoms with Gasteiger partial charge in [-0.25, -0.2) is 8.78 Å². The summed E-state index contributed by atoms with van der Waals surface area (Å²) in [6, 6.07) is 2.47. The predicted octanol–water partition coefficient (Wildman–Crippen LogP) is 1.02. The van der Waals surface area contributed by atoms with E-state index in [0.717, 1.165) is 6.42 Å². The average Bonchev–Trinajstić information content (AvgIpc) is 2.87. The highest BCUT2D eigenvalue weighted by atomic mass is 19.1. The molecule has 3 rings (SSSR count). The number of imide groups is 1. The number of hydrogen-bond donors (Lipinski definition) is 2. The van der Waals surface area contributed by atoms with Gasteiger partial charge in [0.2, 0.25) is 11.8 Å². The Morgan fingerprint density at radius 3 is 2.41 bits per heavy atom. The first kappa shape index (κ1) is 14.9. The first-order valence-corrected chi connectivity index (χ1v) is 7.29. The van der Waals surface area contributed by atoms with Crippen molar-refractivity contribution in [3.05, 3.63) is 29.3 Å². The number of anilines is 1. The van der Waals surface area contributed by atoms with Crippen LogP contribution in [0.25, 0.3) is 0 Å². The number of rotatable bonds is 2. The molecule has 7 heteroatoms. The van der Waals surface area contributed by atoms with E-state index < -0.39 is 29.4 Å². The van der Waals surface area contributed by atoms with Gasteiger partial charge in [-0.2, -0.15) is 0 Å². The van der Waals surface area contributed by atoms with Crippen molar-refractivity contribution in [1.29, 1.82) is 0 Å². The average molecular weight is 309 g/mol. The van der Waals surface area contributed by atoms with Crippen LogP contribution in [0.5, 0.6) is 0 Å². The summed E-state index contributed by atoms with van der Waals surface area (Å²) in [5.74, 6) is -3.54. The number of halogens is 2. The minimum Gasteiger partial charge on any atom is -0.370 e. The van der Waals surface area contributed by atoms with Gasteiger partial charge >= 0.3 is 0 Å². The van der Waals surface area contributed by atoms with E-state index in [4.69, 9.17) is 5.73 Å². The van der Waals surface area contributed by atoms with Crippen LogP contribution in [-0.4, -0.2) is 30.9 Å². The van der Waals surface area contributed by atoms with Gasteiger partial charge in [-0.3, -0.25) is 14.9 Å². The second kappa shape index (κ2) is 5.64. The van der Waals surface area contributed by atoms with Gasteiger partial charge in [0, 0.05) is 36.8 Å². The van der Waals surface area contributed by atoms with Gasteiger partial charge in [0.25, 0.3) is 0 Å². The number of amides is 2. The minimum atomic E-state index is -0.965.